The molecule has 0 aliphatic carbocycles. The second-order valence-corrected chi connectivity index (χ2v) is 9.96. The maximum absolute atomic E-state index is 12.9. The van der Waals surface area contributed by atoms with Gasteiger partial charge in [-0.15, -0.1) is 5.10 Å². The Bertz CT molecular complexity index is 1330. The van der Waals surface area contributed by atoms with Crippen LogP contribution >= 0.6 is 11.8 Å². The Morgan fingerprint density at radius 1 is 1.06 bits per heavy atom. The summed E-state index contributed by atoms with van der Waals surface area (Å²) in [6, 6.07) is 17.6. The van der Waals surface area contributed by atoms with Crippen LogP contribution in [-0.2, 0) is 14.9 Å². The fraction of sp³-hybridized carbons (Fsp3) is 0.174. The molecular weight excluding hydrogens is 446 g/mol. The van der Waals surface area contributed by atoms with Crippen LogP contribution in [0.25, 0.3) is 10.8 Å². The third-order valence-electron chi connectivity index (χ3n) is 4.89. The summed E-state index contributed by atoms with van der Waals surface area (Å²) in [6.07, 6.45) is 1.44. The number of nitrogens with one attached hydrogen (secondary N) is 1. The summed E-state index contributed by atoms with van der Waals surface area (Å²) in [4.78, 5) is 11.4. The summed E-state index contributed by atoms with van der Waals surface area (Å²) in [5, 5.41) is 12.7. The van der Waals surface area contributed by atoms with Gasteiger partial charge in [0.05, 0.1) is 12.0 Å². The van der Waals surface area contributed by atoms with Crippen LogP contribution in [0, 0.1) is 0 Å². The van der Waals surface area contributed by atoms with E-state index in [0.717, 1.165) is 16.3 Å². The van der Waals surface area contributed by atoms with Crippen LogP contribution < -0.4 is 9.50 Å². The Kier molecular flexibility index (Phi) is 6.29. The number of carbonyl (C=O) groups excluding carboxylic acids is 1. The van der Waals surface area contributed by atoms with Gasteiger partial charge < -0.3 is 9.50 Å². The summed E-state index contributed by atoms with van der Waals surface area (Å²) >= 11 is 1.25. The maximum Gasteiger partial charge on any atom is 0.339 e. The third-order valence-corrected chi connectivity index (χ3v) is 7.00. The monoisotopic (exact) mass is 467 g/mol. The molecule has 9 heteroatoms. The van der Waals surface area contributed by atoms with Crippen molar-refractivity contribution in [2.75, 3.05) is 5.75 Å². The molecule has 4 rings (SSSR count). The number of fused-ring (bicyclic) bond motifs is 1. The highest BCUT2D eigenvalue weighted by atomic mass is 32.2. The fourth-order valence-corrected chi connectivity index (χ4v) is 4.76. The molecule has 1 aliphatic rings. The van der Waals surface area contributed by atoms with Gasteiger partial charge in [-0.05, 0) is 40.5 Å². The molecule has 1 fully saturated rings. The lowest BCUT2D eigenvalue weighted by molar-refractivity contribution is -0.116. The Hall–Kier alpha value is -3.17. The molecule has 7 nitrogen and oxygen atoms in total. The zero-order valence-electron chi connectivity index (χ0n) is 17.5. The van der Waals surface area contributed by atoms with E-state index in [1.54, 1.807) is 36.4 Å². The first kappa shape index (κ1) is 22.0. The largest absolute Gasteiger partial charge is 0.378 e. The van der Waals surface area contributed by atoms with Crippen LogP contribution in [-0.4, -0.2) is 31.5 Å². The molecule has 1 heterocycles. The van der Waals surface area contributed by atoms with Gasteiger partial charge in [0.1, 0.15) is 4.90 Å². The van der Waals surface area contributed by atoms with Gasteiger partial charge in [0.25, 0.3) is 0 Å². The number of thioether (sulfide) groups is 1. The van der Waals surface area contributed by atoms with Crippen molar-refractivity contribution < 1.29 is 17.4 Å². The zero-order valence-corrected chi connectivity index (χ0v) is 19.1. The van der Waals surface area contributed by atoms with E-state index in [4.69, 9.17) is 4.18 Å². The first-order valence-electron chi connectivity index (χ1n) is 9.93. The Labute approximate surface area is 190 Å². The molecule has 1 amide bonds. The number of rotatable bonds is 6. The van der Waals surface area contributed by atoms with E-state index in [1.165, 1.54) is 18.0 Å². The molecule has 0 atom stereocenters. The number of carbonyl (C=O) groups is 1. The molecule has 0 spiro atoms. The third kappa shape index (κ3) is 4.84. The lowest BCUT2D eigenvalue weighted by Gasteiger charge is -2.12. The second kappa shape index (κ2) is 9.13. The SMILES string of the molecule is CC(C)c1ccc(S(=O)(=O)Oc2ccc3ccccc3c2/C=N/N=C2\NC(=O)CS2)cc1. The van der Waals surface area contributed by atoms with E-state index in [-0.39, 0.29) is 16.6 Å². The first-order valence-corrected chi connectivity index (χ1v) is 12.3. The quantitative estimate of drug-likeness (QED) is 0.331. The van der Waals surface area contributed by atoms with Crippen LogP contribution in [0.2, 0.25) is 0 Å². The van der Waals surface area contributed by atoms with Crippen molar-refractivity contribution in [2.45, 2.75) is 24.7 Å². The summed E-state index contributed by atoms with van der Waals surface area (Å²) in [5.41, 5.74) is 1.52. The number of hydrogen-bond acceptors (Lipinski definition) is 7. The summed E-state index contributed by atoms with van der Waals surface area (Å²) in [5.74, 6) is 0.599. The summed E-state index contributed by atoms with van der Waals surface area (Å²) in [7, 11) is -4.05. The van der Waals surface area contributed by atoms with Gasteiger partial charge in [-0.25, -0.2) is 0 Å². The standard InChI is InChI=1S/C23H21N3O4S2/c1-15(2)16-7-10-18(11-8-16)32(28,29)30-21-12-9-17-5-3-4-6-19(17)20(21)13-24-26-23-25-22(27)14-31-23/h3-13,15H,14H2,1-2H3,(H,25,26,27)/b24-13+. The maximum atomic E-state index is 12.9. The first-order chi connectivity index (χ1) is 15.3. The molecule has 164 valence electrons. The van der Waals surface area contributed by atoms with Gasteiger partial charge in [-0.1, -0.05) is 68.1 Å². The smallest absolute Gasteiger partial charge is 0.339 e. The van der Waals surface area contributed by atoms with E-state index in [1.807, 2.05) is 38.1 Å². The van der Waals surface area contributed by atoms with Crippen molar-refractivity contribution in [2.24, 2.45) is 10.2 Å². The minimum absolute atomic E-state index is 0.0725. The van der Waals surface area contributed by atoms with Crippen LogP contribution in [0.15, 0.2) is 75.8 Å². The number of nitrogens with zero attached hydrogens (tertiary/aromatic N) is 2. The minimum atomic E-state index is -4.05. The average molecular weight is 468 g/mol. The van der Waals surface area contributed by atoms with Crippen LogP contribution in [0.3, 0.4) is 0 Å². The number of benzene rings is 3. The number of amidine groups is 1. The lowest BCUT2D eigenvalue weighted by Crippen LogP contribution is -2.19. The molecule has 1 aliphatic heterocycles. The average Bonchev–Trinajstić information content (AvgIpc) is 3.20. The van der Waals surface area contributed by atoms with Gasteiger partial charge in [-0.2, -0.15) is 13.5 Å². The summed E-state index contributed by atoms with van der Waals surface area (Å²) < 4.78 is 31.4. The van der Waals surface area contributed by atoms with Gasteiger partial charge >= 0.3 is 10.1 Å². The van der Waals surface area contributed by atoms with Crippen molar-refractivity contribution in [3.05, 3.63) is 71.8 Å². The lowest BCUT2D eigenvalue weighted by atomic mass is 10.0. The predicted octanol–water partition coefficient (Wildman–Crippen LogP) is 4.28. The molecule has 0 unspecified atom stereocenters. The highest BCUT2D eigenvalue weighted by Gasteiger charge is 2.20. The Morgan fingerprint density at radius 3 is 2.50 bits per heavy atom. The highest BCUT2D eigenvalue weighted by Crippen LogP contribution is 2.29. The molecule has 32 heavy (non-hydrogen) atoms. The van der Waals surface area contributed by atoms with E-state index in [2.05, 4.69) is 15.5 Å². The van der Waals surface area contributed by atoms with E-state index in [9.17, 15) is 13.2 Å². The highest BCUT2D eigenvalue weighted by molar-refractivity contribution is 8.15. The van der Waals surface area contributed by atoms with E-state index >= 15 is 0 Å². The molecule has 3 aromatic carbocycles. The van der Waals surface area contributed by atoms with Crippen molar-refractivity contribution in [1.82, 2.24) is 5.32 Å². The Balaban J connectivity index is 1.70. The zero-order chi connectivity index (χ0) is 22.7. The molecule has 0 saturated carbocycles. The van der Waals surface area contributed by atoms with Crippen LogP contribution in [0.4, 0.5) is 0 Å². The fourth-order valence-electron chi connectivity index (χ4n) is 3.19. The van der Waals surface area contributed by atoms with Gasteiger partial charge in [-0.3, -0.25) is 4.79 Å². The van der Waals surface area contributed by atoms with E-state index in [0.29, 0.717) is 22.4 Å². The van der Waals surface area contributed by atoms with Crippen molar-refractivity contribution in [3.63, 3.8) is 0 Å². The van der Waals surface area contributed by atoms with Crippen LogP contribution in [0.1, 0.15) is 30.9 Å². The van der Waals surface area contributed by atoms with Crippen molar-refractivity contribution in [3.8, 4) is 5.75 Å². The molecule has 1 N–H and O–H groups in total. The molecule has 0 aromatic heterocycles. The minimum Gasteiger partial charge on any atom is -0.378 e. The Morgan fingerprint density at radius 2 is 1.81 bits per heavy atom. The molecular formula is C23H21N3O4S2. The second-order valence-electron chi connectivity index (χ2n) is 7.45. The van der Waals surface area contributed by atoms with Gasteiger partial charge in [0, 0.05) is 5.56 Å². The topological polar surface area (TPSA) is 97.2 Å². The van der Waals surface area contributed by atoms with Crippen molar-refractivity contribution in [1.29, 1.82) is 0 Å². The van der Waals surface area contributed by atoms with Crippen LogP contribution in [0.5, 0.6) is 5.75 Å². The van der Waals surface area contributed by atoms with Gasteiger partial charge in [0.2, 0.25) is 5.91 Å². The summed E-state index contributed by atoms with van der Waals surface area (Å²) in [6.45, 7) is 4.08. The molecule has 0 bridgehead atoms. The number of hydrogen-bond donors (Lipinski definition) is 1. The molecule has 1 saturated heterocycles. The normalized spacial score (nSPS) is 15.7. The van der Waals surface area contributed by atoms with E-state index < -0.39 is 10.1 Å². The van der Waals surface area contributed by atoms with Gasteiger partial charge in [0.15, 0.2) is 10.9 Å². The molecule has 3 aromatic rings. The van der Waals surface area contributed by atoms with Crippen molar-refractivity contribution >= 4 is 49.9 Å². The number of amides is 1. The predicted molar refractivity (Wildman–Crippen MR) is 128 cm³/mol. The molecule has 0 radical (unpaired) electrons.